The maximum absolute atomic E-state index is 12.5. The number of nitrogens with two attached hydrogens (primary N) is 2. The predicted octanol–water partition coefficient (Wildman–Crippen LogP) is 0.870. The molecule has 4 N–H and O–H groups in total. The first-order chi connectivity index (χ1) is 7.45. The first-order valence-electron chi connectivity index (χ1n) is 4.06. The SMILES string of the molecule is N/C=C(N)\C(=N\c1ncccn1)C(F)(F)F. The molecule has 0 spiro atoms. The fraction of sp³-hybridized carbons (Fsp3) is 0.125. The van der Waals surface area contributed by atoms with Crippen LogP contribution >= 0.6 is 0 Å². The molecule has 0 amide bonds. The maximum atomic E-state index is 12.5. The van der Waals surface area contributed by atoms with Gasteiger partial charge in [0.2, 0.25) is 5.95 Å². The van der Waals surface area contributed by atoms with Crippen LogP contribution in [0.4, 0.5) is 19.1 Å². The van der Waals surface area contributed by atoms with E-state index in [-0.39, 0.29) is 5.95 Å². The van der Waals surface area contributed by atoms with Crippen molar-refractivity contribution in [2.24, 2.45) is 16.5 Å². The Morgan fingerprint density at radius 2 is 1.88 bits per heavy atom. The van der Waals surface area contributed by atoms with Crippen molar-refractivity contribution in [3.05, 3.63) is 30.4 Å². The minimum atomic E-state index is -4.71. The molecule has 16 heavy (non-hydrogen) atoms. The van der Waals surface area contributed by atoms with Gasteiger partial charge in [0, 0.05) is 18.6 Å². The first-order valence-corrected chi connectivity index (χ1v) is 4.06. The van der Waals surface area contributed by atoms with Crippen molar-refractivity contribution in [2.45, 2.75) is 6.18 Å². The summed E-state index contributed by atoms with van der Waals surface area (Å²) in [7, 11) is 0. The van der Waals surface area contributed by atoms with Crippen molar-refractivity contribution in [3.63, 3.8) is 0 Å². The van der Waals surface area contributed by atoms with Crippen LogP contribution in [0, 0.1) is 0 Å². The van der Waals surface area contributed by atoms with Crippen LogP contribution in [-0.2, 0) is 0 Å². The molecule has 1 aromatic heterocycles. The molecule has 8 heteroatoms. The molecule has 0 radical (unpaired) electrons. The molecule has 86 valence electrons. The van der Waals surface area contributed by atoms with E-state index in [1.165, 1.54) is 18.5 Å². The average molecular weight is 231 g/mol. The third kappa shape index (κ3) is 2.94. The third-order valence-corrected chi connectivity index (χ3v) is 1.49. The minimum Gasteiger partial charge on any atom is -0.403 e. The summed E-state index contributed by atoms with van der Waals surface area (Å²) < 4.78 is 37.4. The molecule has 0 atom stereocenters. The fourth-order valence-electron chi connectivity index (χ4n) is 0.819. The lowest BCUT2D eigenvalue weighted by Crippen LogP contribution is -2.29. The van der Waals surface area contributed by atoms with Gasteiger partial charge in [0.1, 0.15) is 0 Å². The second-order valence-electron chi connectivity index (χ2n) is 2.63. The molecular weight excluding hydrogens is 223 g/mol. The number of aromatic nitrogens is 2. The summed E-state index contributed by atoms with van der Waals surface area (Å²) in [4.78, 5) is 10.2. The zero-order valence-corrected chi connectivity index (χ0v) is 7.94. The van der Waals surface area contributed by atoms with E-state index in [9.17, 15) is 13.2 Å². The van der Waals surface area contributed by atoms with Crippen LogP contribution in [0.2, 0.25) is 0 Å². The first kappa shape index (κ1) is 12.0. The normalized spacial score (nSPS) is 13.9. The number of hydrogen-bond acceptors (Lipinski definition) is 5. The van der Waals surface area contributed by atoms with Gasteiger partial charge in [-0.2, -0.15) is 13.2 Å². The van der Waals surface area contributed by atoms with Gasteiger partial charge in [0.25, 0.3) is 0 Å². The minimum absolute atomic E-state index is 0.334. The molecular formula is C8H8F3N5. The van der Waals surface area contributed by atoms with Gasteiger partial charge >= 0.3 is 6.18 Å². The van der Waals surface area contributed by atoms with Gasteiger partial charge in [-0.3, -0.25) is 0 Å². The highest BCUT2D eigenvalue weighted by Crippen LogP contribution is 2.22. The highest BCUT2D eigenvalue weighted by atomic mass is 19.4. The van der Waals surface area contributed by atoms with Gasteiger partial charge in [0.05, 0.1) is 5.70 Å². The summed E-state index contributed by atoms with van der Waals surface area (Å²) in [5.41, 5.74) is 8.00. The Kier molecular flexibility index (Phi) is 3.44. The average Bonchev–Trinajstić information content (AvgIpc) is 2.25. The molecule has 0 saturated carbocycles. The third-order valence-electron chi connectivity index (χ3n) is 1.49. The van der Waals surface area contributed by atoms with Gasteiger partial charge in [-0.15, -0.1) is 0 Å². The lowest BCUT2D eigenvalue weighted by Gasteiger charge is -2.09. The van der Waals surface area contributed by atoms with Crippen LogP contribution in [0.25, 0.3) is 0 Å². The zero-order chi connectivity index (χ0) is 12.2. The lowest BCUT2D eigenvalue weighted by atomic mass is 10.3. The van der Waals surface area contributed by atoms with Crippen LogP contribution in [0.1, 0.15) is 0 Å². The largest absolute Gasteiger partial charge is 0.435 e. The molecule has 1 rings (SSSR count). The number of halogens is 3. The summed E-state index contributed by atoms with van der Waals surface area (Å²) >= 11 is 0. The molecule has 0 aliphatic rings. The van der Waals surface area contributed by atoms with E-state index in [2.05, 4.69) is 15.0 Å². The summed E-state index contributed by atoms with van der Waals surface area (Å²) in [5, 5.41) is 0. The molecule has 1 aromatic rings. The van der Waals surface area contributed by atoms with Gasteiger partial charge < -0.3 is 11.5 Å². The van der Waals surface area contributed by atoms with E-state index >= 15 is 0 Å². The topological polar surface area (TPSA) is 90.2 Å². The van der Waals surface area contributed by atoms with Crippen molar-refractivity contribution in [2.75, 3.05) is 0 Å². The number of alkyl halides is 3. The van der Waals surface area contributed by atoms with Crippen molar-refractivity contribution >= 4 is 11.7 Å². The molecule has 0 bridgehead atoms. The number of nitrogens with zero attached hydrogens (tertiary/aromatic N) is 3. The van der Waals surface area contributed by atoms with Crippen molar-refractivity contribution in [1.82, 2.24) is 9.97 Å². The summed E-state index contributed by atoms with van der Waals surface area (Å²) in [6, 6.07) is 1.45. The van der Waals surface area contributed by atoms with Crippen LogP contribution in [-0.4, -0.2) is 21.9 Å². The standard InChI is InChI=1S/C8H8F3N5/c9-8(10,11)6(5(13)4-12)16-7-14-2-1-3-15-7/h1-4H,12-13H2/b5-4+,16-6-. The van der Waals surface area contributed by atoms with E-state index in [1.807, 2.05) is 0 Å². The predicted molar refractivity (Wildman–Crippen MR) is 51.6 cm³/mol. The Labute approximate surface area is 88.7 Å². The highest BCUT2D eigenvalue weighted by Gasteiger charge is 2.37. The Morgan fingerprint density at radius 1 is 1.31 bits per heavy atom. The number of aliphatic imine (C=N–C) groups is 1. The number of hydrogen-bond donors (Lipinski definition) is 2. The molecule has 0 aliphatic carbocycles. The highest BCUT2D eigenvalue weighted by molar-refractivity contribution is 6.04. The van der Waals surface area contributed by atoms with Gasteiger partial charge in [-0.1, -0.05) is 0 Å². The molecule has 0 fully saturated rings. The molecule has 0 saturated heterocycles. The van der Waals surface area contributed by atoms with E-state index in [1.54, 1.807) is 0 Å². The maximum Gasteiger partial charge on any atom is 0.435 e. The van der Waals surface area contributed by atoms with Crippen LogP contribution in [0.5, 0.6) is 0 Å². The van der Waals surface area contributed by atoms with Crippen molar-refractivity contribution in [3.8, 4) is 0 Å². The summed E-state index contributed by atoms with van der Waals surface area (Å²) in [6.07, 6.45) is -1.56. The van der Waals surface area contributed by atoms with Crippen molar-refractivity contribution in [1.29, 1.82) is 0 Å². The molecule has 0 aromatic carbocycles. The second kappa shape index (κ2) is 4.60. The molecule has 1 heterocycles. The van der Waals surface area contributed by atoms with E-state index in [0.717, 1.165) is 0 Å². The molecule has 5 nitrogen and oxygen atoms in total. The van der Waals surface area contributed by atoms with E-state index < -0.39 is 17.6 Å². The monoisotopic (exact) mass is 231 g/mol. The Bertz CT molecular complexity index is 409. The molecule has 0 unspecified atom stereocenters. The molecule has 0 aliphatic heterocycles. The number of allylic oxidation sites excluding steroid dienone is 1. The zero-order valence-electron chi connectivity index (χ0n) is 7.94. The van der Waals surface area contributed by atoms with Crippen LogP contribution in [0.15, 0.2) is 35.3 Å². The Hall–Kier alpha value is -2.12. The fourth-order valence-corrected chi connectivity index (χ4v) is 0.819. The van der Waals surface area contributed by atoms with Crippen LogP contribution in [0.3, 0.4) is 0 Å². The van der Waals surface area contributed by atoms with Gasteiger partial charge in [-0.25, -0.2) is 15.0 Å². The Balaban J connectivity index is 3.18. The van der Waals surface area contributed by atoms with Crippen LogP contribution < -0.4 is 11.5 Å². The van der Waals surface area contributed by atoms with Gasteiger partial charge in [-0.05, 0) is 6.07 Å². The number of rotatable bonds is 2. The van der Waals surface area contributed by atoms with E-state index in [0.29, 0.717) is 6.20 Å². The van der Waals surface area contributed by atoms with E-state index in [4.69, 9.17) is 11.5 Å². The lowest BCUT2D eigenvalue weighted by molar-refractivity contribution is -0.0582. The quantitative estimate of drug-likeness (QED) is 0.739. The Morgan fingerprint density at radius 3 is 2.31 bits per heavy atom. The summed E-state index contributed by atoms with van der Waals surface area (Å²) in [6.45, 7) is 0. The van der Waals surface area contributed by atoms with Crippen molar-refractivity contribution < 1.29 is 13.2 Å². The summed E-state index contributed by atoms with van der Waals surface area (Å²) in [5.74, 6) is -0.334. The smallest absolute Gasteiger partial charge is 0.403 e. The second-order valence-corrected chi connectivity index (χ2v) is 2.63. The van der Waals surface area contributed by atoms with Gasteiger partial charge in [0.15, 0.2) is 5.71 Å².